The molecule has 2 aliphatic rings. The molecule has 24 heavy (non-hydrogen) atoms. The Bertz CT molecular complexity index is 764. The molecule has 124 valence electrons. The average Bonchev–Trinajstić information content (AvgIpc) is 3.22. The van der Waals surface area contributed by atoms with Gasteiger partial charge >= 0.3 is 0 Å². The minimum Gasteiger partial charge on any atom is -0.349 e. The van der Waals surface area contributed by atoms with Crippen molar-refractivity contribution in [2.45, 2.75) is 24.9 Å². The third-order valence-corrected chi connectivity index (χ3v) is 5.47. The van der Waals surface area contributed by atoms with Gasteiger partial charge in [0.15, 0.2) is 0 Å². The molecule has 0 bridgehead atoms. The Hall–Kier alpha value is -1.69. The number of rotatable bonds is 3. The number of halogens is 1. The van der Waals surface area contributed by atoms with Crippen LogP contribution in [-0.2, 0) is 11.2 Å². The van der Waals surface area contributed by atoms with Crippen molar-refractivity contribution in [2.75, 3.05) is 6.54 Å². The maximum absolute atomic E-state index is 12.9. The minimum atomic E-state index is -0.118. The zero-order valence-corrected chi connectivity index (χ0v) is 14.8. The van der Waals surface area contributed by atoms with Crippen molar-refractivity contribution in [2.24, 2.45) is 5.92 Å². The lowest BCUT2D eigenvalue weighted by Gasteiger charge is -2.21. The average molecular weight is 386 g/mol. The van der Waals surface area contributed by atoms with Gasteiger partial charge in [0, 0.05) is 11.0 Å². The standard InChI is InChI=1S/C19H20BrN3O/c20-14-6-3-5-13(10-14)18-16(11-21-23-18)19(24)22-17-9-8-12-4-1-2-7-15(12)17/h1-7,10,16-18,21,23H,8-9,11H2,(H,22,24). The van der Waals surface area contributed by atoms with Crippen molar-refractivity contribution in [3.63, 3.8) is 0 Å². The van der Waals surface area contributed by atoms with E-state index in [0.717, 1.165) is 22.9 Å². The number of fused-ring (bicyclic) bond motifs is 1. The highest BCUT2D eigenvalue weighted by molar-refractivity contribution is 9.10. The molecule has 0 saturated carbocycles. The minimum absolute atomic E-state index is 0.0147. The van der Waals surface area contributed by atoms with Crippen LogP contribution in [0.4, 0.5) is 0 Å². The molecule has 0 radical (unpaired) electrons. The first-order valence-corrected chi connectivity index (χ1v) is 9.14. The van der Waals surface area contributed by atoms with E-state index >= 15 is 0 Å². The fraction of sp³-hybridized carbons (Fsp3) is 0.316. The summed E-state index contributed by atoms with van der Waals surface area (Å²) < 4.78 is 1.03. The van der Waals surface area contributed by atoms with E-state index in [2.05, 4.69) is 62.4 Å². The summed E-state index contributed by atoms with van der Waals surface area (Å²) in [4.78, 5) is 12.9. The number of hydrogen-bond acceptors (Lipinski definition) is 3. The summed E-state index contributed by atoms with van der Waals surface area (Å²) in [6.45, 7) is 0.636. The molecule has 1 aliphatic carbocycles. The van der Waals surface area contributed by atoms with Crippen molar-refractivity contribution < 1.29 is 4.79 Å². The van der Waals surface area contributed by atoms with Crippen LogP contribution in [0.3, 0.4) is 0 Å². The van der Waals surface area contributed by atoms with Gasteiger partial charge in [0.25, 0.3) is 0 Å². The zero-order chi connectivity index (χ0) is 16.5. The number of hydrazine groups is 1. The predicted molar refractivity (Wildman–Crippen MR) is 97.2 cm³/mol. The van der Waals surface area contributed by atoms with Gasteiger partial charge < -0.3 is 5.32 Å². The maximum atomic E-state index is 12.9. The van der Waals surface area contributed by atoms with Gasteiger partial charge in [-0.05, 0) is 41.7 Å². The summed E-state index contributed by atoms with van der Waals surface area (Å²) in [7, 11) is 0. The molecule has 0 spiro atoms. The Labute approximate surface area is 150 Å². The summed E-state index contributed by atoms with van der Waals surface area (Å²) >= 11 is 3.51. The van der Waals surface area contributed by atoms with E-state index in [4.69, 9.17) is 0 Å². The highest BCUT2D eigenvalue weighted by Crippen LogP contribution is 2.32. The zero-order valence-electron chi connectivity index (χ0n) is 13.3. The number of aryl methyl sites for hydroxylation is 1. The Morgan fingerprint density at radius 1 is 1.17 bits per heavy atom. The summed E-state index contributed by atoms with van der Waals surface area (Å²) in [5.74, 6) is -0.00811. The largest absolute Gasteiger partial charge is 0.349 e. The molecule has 3 unspecified atom stereocenters. The molecule has 4 nitrogen and oxygen atoms in total. The van der Waals surface area contributed by atoms with Crippen LogP contribution < -0.4 is 16.2 Å². The Morgan fingerprint density at radius 2 is 2.04 bits per heavy atom. The summed E-state index contributed by atoms with van der Waals surface area (Å²) in [6, 6.07) is 16.6. The molecule has 1 heterocycles. The number of amides is 1. The van der Waals surface area contributed by atoms with Gasteiger partial charge in [0.2, 0.25) is 5.91 Å². The second-order valence-corrected chi connectivity index (χ2v) is 7.38. The van der Waals surface area contributed by atoms with Gasteiger partial charge in [0.05, 0.1) is 18.0 Å². The van der Waals surface area contributed by atoms with Crippen LogP contribution in [-0.4, -0.2) is 12.5 Å². The second-order valence-electron chi connectivity index (χ2n) is 6.46. The third-order valence-electron chi connectivity index (χ3n) is 4.98. The van der Waals surface area contributed by atoms with Crippen molar-refractivity contribution in [1.29, 1.82) is 0 Å². The first kappa shape index (κ1) is 15.8. The lowest BCUT2D eigenvalue weighted by Crippen LogP contribution is -2.36. The van der Waals surface area contributed by atoms with E-state index < -0.39 is 0 Å². The van der Waals surface area contributed by atoms with E-state index in [1.54, 1.807) is 0 Å². The van der Waals surface area contributed by atoms with E-state index in [1.165, 1.54) is 11.1 Å². The number of carbonyl (C=O) groups is 1. The monoisotopic (exact) mass is 385 g/mol. The molecule has 4 rings (SSSR count). The van der Waals surface area contributed by atoms with E-state index in [9.17, 15) is 4.79 Å². The fourth-order valence-electron chi connectivity index (χ4n) is 3.74. The molecule has 2 aromatic rings. The van der Waals surface area contributed by atoms with Crippen LogP contribution in [0.15, 0.2) is 53.0 Å². The molecule has 1 aliphatic heterocycles. The van der Waals surface area contributed by atoms with Crippen LogP contribution in [0.2, 0.25) is 0 Å². The van der Waals surface area contributed by atoms with Crippen LogP contribution in [0.25, 0.3) is 0 Å². The Kier molecular flexibility index (Phi) is 4.39. The number of carbonyl (C=O) groups excluding carboxylic acids is 1. The van der Waals surface area contributed by atoms with Gasteiger partial charge in [-0.1, -0.05) is 52.3 Å². The Balaban J connectivity index is 1.50. The van der Waals surface area contributed by atoms with Gasteiger partial charge in [-0.15, -0.1) is 0 Å². The van der Waals surface area contributed by atoms with Crippen LogP contribution in [0.5, 0.6) is 0 Å². The van der Waals surface area contributed by atoms with Crippen molar-refractivity contribution in [3.8, 4) is 0 Å². The normalized spacial score (nSPS) is 25.5. The molecular weight excluding hydrogens is 366 g/mol. The summed E-state index contributed by atoms with van der Waals surface area (Å²) in [5, 5.41) is 3.26. The SMILES string of the molecule is O=C(NC1CCc2ccccc21)C1CNNC1c1cccc(Br)c1. The summed E-state index contributed by atoms with van der Waals surface area (Å²) in [6.07, 6.45) is 2.03. The highest BCUT2D eigenvalue weighted by atomic mass is 79.9. The van der Waals surface area contributed by atoms with E-state index in [-0.39, 0.29) is 23.9 Å². The van der Waals surface area contributed by atoms with Crippen LogP contribution in [0.1, 0.15) is 35.2 Å². The van der Waals surface area contributed by atoms with Crippen molar-refractivity contribution >= 4 is 21.8 Å². The third kappa shape index (κ3) is 2.99. The molecular formula is C19H20BrN3O. The number of benzene rings is 2. The predicted octanol–water partition coefficient (Wildman–Crippen LogP) is 3.02. The maximum Gasteiger partial charge on any atom is 0.226 e. The second kappa shape index (κ2) is 6.67. The molecule has 3 atom stereocenters. The molecule has 2 aromatic carbocycles. The lowest BCUT2D eigenvalue weighted by atomic mass is 9.93. The van der Waals surface area contributed by atoms with Gasteiger partial charge in [0.1, 0.15) is 0 Å². The fourth-order valence-corrected chi connectivity index (χ4v) is 4.16. The number of nitrogens with one attached hydrogen (secondary N) is 3. The molecule has 1 fully saturated rings. The lowest BCUT2D eigenvalue weighted by molar-refractivity contribution is -0.125. The molecule has 0 aromatic heterocycles. The topological polar surface area (TPSA) is 53.2 Å². The van der Waals surface area contributed by atoms with Crippen molar-refractivity contribution in [1.82, 2.24) is 16.2 Å². The smallest absolute Gasteiger partial charge is 0.226 e. The molecule has 3 N–H and O–H groups in total. The summed E-state index contributed by atoms with van der Waals surface area (Å²) in [5.41, 5.74) is 10.1. The van der Waals surface area contributed by atoms with Crippen LogP contribution in [0, 0.1) is 5.92 Å². The quantitative estimate of drug-likeness (QED) is 0.760. The molecule has 1 amide bonds. The van der Waals surface area contributed by atoms with E-state index in [1.807, 2.05) is 18.2 Å². The Morgan fingerprint density at radius 3 is 2.92 bits per heavy atom. The first-order valence-electron chi connectivity index (χ1n) is 8.34. The van der Waals surface area contributed by atoms with Gasteiger partial charge in [-0.3, -0.25) is 10.2 Å². The van der Waals surface area contributed by atoms with Crippen molar-refractivity contribution in [3.05, 3.63) is 69.7 Å². The highest BCUT2D eigenvalue weighted by Gasteiger charge is 2.35. The first-order chi connectivity index (χ1) is 11.7. The molecule has 1 saturated heterocycles. The van der Waals surface area contributed by atoms with E-state index in [0.29, 0.717) is 6.54 Å². The number of hydrogen-bond donors (Lipinski definition) is 3. The molecule has 5 heteroatoms. The van der Waals surface area contributed by atoms with Gasteiger partial charge in [-0.25, -0.2) is 5.43 Å². The van der Waals surface area contributed by atoms with Crippen LogP contribution >= 0.6 is 15.9 Å². The van der Waals surface area contributed by atoms with Gasteiger partial charge in [-0.2, -0.15) is 0 Å².